The Morgan fingerprint density at radius 1 is 1.32 bits per heavy atom. The number of ether oxygens (including phenoxy) is 1. The van der Waals surface area contributed by atoms with Crippen LogP contribution in [-0.2, 0) is 6.42 Å². The van der Waals surface area contributed by atoms with Gasteiger partial charge in [-0.05, 0) is 43.7 Å². The molecule has 19 heavy (non-hydrogen) atoms. The van der Waals surface area contributed by atoms with Gasteiger partial charge in [-0.1, -0.05) is 6.92 Å². The zero-order valence-electron chi connectivity index (χ0n) is 11.0. The highest BCUT2D eigenvalue weighted by molar-refractivity contribution is 5.85. The van der Waals surface area contributed by atoms with Crippen molar-refractivity contribution in [2.24, 2.45) is 0 Å². The molecule has 0 atom stereocenters. The lowest BCUT2D eigenvalue weighted by Gasteiger charge is -2.07. The second-order valence-electron chi connectivity index (χ2n) is 4.02. The molecule has 0 saturated carbocycles. The molecule has 1 heterocycles. The van der Waals surface area contributed by atoms with Gasteiger partial charge in [-0.3, -0.25) is 0 Å². The number of carboxylic acids is 1. The maximum Gasteiger partial charge on any atom is 0.356 e. The number of nitrogens with zero attached hydrogens (tertiary/aromatic N) is 2. The first-order valence-corrected chi connectivity index (χ1v) is 6.21. The zero-order chi connectivity index (χ0) is 13.8. The average Bonchev–Trinajstić information content (AvgIpc) is 2.84. The number of aromatic carboxylic acids is 1. The number of benzene rings is 1. The number of hydrogen-bond donors (Lipinski definition) is 1. The molecule has 0 aliphatic rings. The van der Waals surface area contributed by atoms with Crippen molar-refractivity contribution < 1.29 is 14.6 Å². The van der Waals surface area contributed by atoms with Crippen molar-refractivity contribution in [3.05, 3.63) is 41.7 Å². The van der Waals surface area contributed by atoms with Gasteiger partial charge >= 0.3 is 5.97 Å². The van der Waals surface area contributed by atoms with E-state index in [4.69, 9.17) is 9.84 Å². The monoisotopic (exact) mass is 260 g/mol. The van der Waals surface area contributed by atoms with Gasteiger partial charge in [0.05, 0.1) is 12.3 Å². The Balaban J connectivity index is 2.37. The lowest BCUT2D eigenvalue weighted by atomic mass is 10.2. The van der Waals surface area contributed by atoms with Crippen molar-refractivity contribution in [1.82, 2.24) is 9.78 Å². The van der Waals surface area contributed by atoms with Crippen LogP contribution >= 0.6 is 0 Å². The zero-order valence-corrected chi connectivity index (χ0v) is 11.0. The maximum absolute atomic E-state index is 11.0. The second kappa shape index (κ2) is 5.56. The highest BCUT2D eigenvalue weighted by Crippen LogP contribution is 2.18. The quantitative estimate of drug-likeness (QED) is 0.897. The van der Waals surface area contributed by atoms with Crippen molar-refractivity contribution >= 4 is 5.97 Å². The highest BCUT2D eigenvalue weighted by Gasteiger charge is 2.13. The van der Waals surface area contributed by atoms with Crippen LogP contribution in [0.3, 0.4) is 0 Å². The Morgan fingerprint density at radius 2 is 2.00 bits per heavy atom. The molecular weight excluding hydrogens is 244 g/mol. The van der Waals surface area contributed by atoms with Crippen molar-refractivity contribution in [3.8, 4) is 11.4 Å². The summed E-state index contributed by atoms with van der Waals surface area (Å²) in [5.74, 6) is -0.228. The molecule has 5 heteroatoms. The van der Waals surface area contributed by atoms with Gasteiger partial charge < -0.3 is 9.84 Å². The fourth-order valence-electron chi connectivity index (χ4n) is 1.85. The molecule has 0 bridgehead atoms. The summed E-state index contributed by atoms with van der Waals surface area (Å²) < 4.78 is 7.02. The summed E-state index contributed by atoms with van der Waals surface area (Å²) in [5, 5.41) is 13.1. The van der Waals surface area contributed by atoms with Crippen LogP contribution in [0.25, 0.3) is 5.69 Å². The maximum atomic E-state index is 11.0. The molecule has 1 N–H and O–H groups in total. The fourth-order valence-corrected chi connectivity index (χ4v) is 1.85. The molecule has 2 aromatic rings. The molecule has 1 aromatic heterocycles. The summed E-state index contributed by atoms with van der Waals surface area (Å²) in [6.07, 6.45) is 0.716. The van der Waals surface area contributed by atoms with Crippen LogP contribution < -0.4 is 4.74 Å². The first-order valence-electron chi connectivity index (χ1n) is 6.21. The predicted octanol–water partition coefficient (Wildman–Crippen LogP) is 2.53. The molecule has 5 nitrogen and oxygen atoms in total. The number of aryl methyl sites for hydroxylation is 1. The Bertz CT molecular complexity index is 573. The van der Waals surface area contributed by atoms with Crippen LogP contribution in [0.1, 0.15) is 30.0 Å². The van der Waals surface area contributed by atoms with Gasteiger partial charge in [0.1, 0.15) is 5.75 Å². The number of aromatic nitrogens is 2. The third kappa shape index (κ3) is 2.76. The van der Waals surface area contributed by atoms with E-state index in [0.717, 1.165) is 17.1 Å². The van der Waals surface area contributed by atoms with E-state index >= 15 is 0 Å². The molecule has 0 spiro atoms. The number of rotatable bonds is 5. The lowest BCUT2D eigenvalue weighted by Crippen LogP contribution is -2.03. The molecule has 0 aliphatic carbocycles. The molecule has 0 amide bonds. The Kier molecular flexibility index (Phi) is 3.85. The summed E-state index contributed by atoms with van der Waals surface area (Å²) in [4.78, 5) is 11.0. The SMILES string of the molecule is CCOc1ccc(-n2nc(C(=O)O)cc2CC)cc1. The number of carbonyl (C=O) groups is 1. The summed E-state index contributed by atoms with van der Waals surface area (Å²) in [7, 11) is 0. The first kappa shape index (κ1) is 13.1. The molecule has 0 fully saturated rings. The smallest absolute Gasteiger partial charge is 0.356 e. The molecule has 1 aromatic carbocycles. The van der Waals surface area contributed by atoms with Crippen LogP contribution in [0.4, 0.5) is 0 Å². The minimum atomic E-state index is -1.01. The molecule has 2 rings (SSSR count). The van der Waals surface area contributed by atoms with Crippen LogP contribution in [-0.4, -0.2) is 27.5 Å². The van der Waals surface area contributed by atoms with Gasteiger partial charge in [0.25, 0.3) is 0 Å². The van der Waals surface area contributed by atoms with Crippen LogP contribution in [0.15, 0.2) is 30.3 Å². The second-order valence-corrected chi connectivity index (χ2v) is 4.02. The highest BCUT2D eigenvalue weighted by atomic mass is 16.5. The minimum absolute atomic E-state index is 0.0609. The fraction of sp³-hybridized carbons (Fsp3) is 0.286. The Labute approximate surface area is 111 Å². The standard InChI is InChI=1S/C14H16N2O3/c1-3-10-9-13(14(17)18)15-16(10)11-5-7-12(8-6-11)19-4-2/h5-9H,3-4H2,1-2H3,(H,17,18). The summed E-state index contributed by atoms with van der Waals surface area (Å²) >= 11 is 0. The number of hydrogen-bond acceptors (Lipinski definition) is 3. The normalized spacial score (nSPS) is 10.4. The molecule has 0 saturated heterocycles. The number of carboxylic acid groups (broad SMARTS) is 1. The largest absolute Gasteiger partial charge is 0.494 e. The van der Waals surface area contributed by atoms with E-state index in [1.807, 2.05) is 38.1 Å². The van der Waals surface area contributed by atoms with Gasteiger partial charge in [0, 0.05) is 5.69 Å². The first-order chi connectivity index (χ1) is 9.15. The van der Waals surface area contributed by atoms with Gasteiger partial charge in [-0.15, -0.1) is 0 Å². The van der Waals surface area contributed by atoms with Crippen LogP contribution in [0.2, 0.25) is 0 Å². The average molecular weight is 260 g/mol. The Morgan fingerprint density at radius 3 is 2.53 bits per heavy atom. The third-order valence-corrected chi connectivity index (χ3v) is 2.76. The van der Waals surface area contributed by atoms with Crippen molar-refractivity contribution in [1.29, 1.82) is 0 Å². The van der Waals surface area contributed by atoms with E-state index in [1.165, 1.54) is 0 Å². The van der Waals surface area contributed by atoms with E-state index in [-0.39, 0.29) is 5.69 Å². The molecule has 0 radical (unpaired) electrons. The van der Waals surface area contributed by atoms with Crippen LogP contribution in [0, 0.1) is 0 Å². The van der Waals surface area contributed by atoms with Gasteiger partial charge in [0.15, 0.2) is 5.69 Å². The molecular formula is C14H16N2O3. The van der Waals surface area contributed by atoms with E-state index in [1.54, 1.807) is 10.7 Å². The molecule has 0 aliphatic heterocycles. The topological polar surface area (TPSA) is 64.4 Å². The Hall–Kier alpha value is -2.30. The third-order valence-electron chi connectivity index (χ3n) is 2.76. The van der Waals surface area contributed by atoms with Crippen LogP contribution in [0.5, 0.6) is 5.75 Å². The van der Waals surface area contributed by atoms with Crippen molar-refractivity contribution in [2.45, 2.75) is 20.3 Å². The van der Waals surface area contributed by atoms with Crippen molar-refractivity contribution in [3.63, 3.8) is 0 Å². The minimum Gasteiger partial charge on any atom is -0.494 e. The van der Waals surface area contributed by atoms with Gasteiger partial charge in [0.2, 0.25) is 0 Å². The van der Waals surface area contributed by atoms with E-state index in [2.05, 4.69) is 5.10 Å². The molecule has 100 valence electrons. The van der Waals surface area contributed by atoms with E-state index < -0.39 is 5.97 Å². The summed E-state index contributed by atoms with van der Waals surface area (Å²) in [6, 6.07) is 9.02. The van der Waals surface area contributed by atoms with E-state index in [9.17, 15) is 4.79 Å². The molecule has 0 unspecified atom stereocenters. The van der Waals surface area contributed by atoms with Gasteiger partial charge in [-0.2, -0.15) is 5.10 Å². The van der Waals surface area contributed by atoms with E-state index in [0.29, 0.717) is 13.0 Å². The summed E-state index contributed by atoms with van der Waals surface area (Å²) in [5.41, 5.74) is 1.75. The lowest BCUT2D eigenvalue weighted by molar-refractivity contribution is 0.0690. The van der Waals surface area contributed by atoms with Crippen molar-refractivity contribution in [2.75, 3.05) is 6.61 Å². The predicted molar refractivity (Wildman–Crippen MR) is 71.1 cm³/mol. The summed E-state index contributed by atoms with van der Waals surface area (Å²) in [6.45, 7) is 4.51. The van der Waals surface area contributed by atoms with Gasteiger partial charge in [-0.25, -0.2) is 9.48 Å².